The second-order valence-corrected chi connectivity index (χ2v) is 5.36. The molecular weight excluding hydrogens is 238 g/mol. The molecule has 0 aliphatic heterocycles. The fourth-order valence-electron chi connectivity index (χ4n) is 1.96. The van der Waals surface area contributed by atoms with Gasteiger partial charge in [-0.15, -0.1) is 0 Å². The molecule has 3 heteroatoms. The molecule has 1 aromatic rings. The van der Waals surface area contributed by atoms with Crippen molar-refractivity contribution >= 4 is 0 Å². The zero-order valence-corrected chi connectivity index (χ0v) is 12.3. The maximum Gasteiger partial charge on any atom is 0.0897 e. The van der Waals surface area contributed by atoms with Crippen LogP contribution in [0.2, 0.25) is 0 Å². The van der Waals surface area contributed by atoms with Gasteiger partial charge in [0.15, 0.2) is 0 Å². The smallest absolute Gasteiger partial charge is 0.0897 e. The molecule has 0 spiro atoms. The molecule has 0 aliphatic rings. The average molecular weight is 265 g/mol. The molecule has 0 amide bonds. The SMILES string of the molecule is CCC(NCC(O)COCC(C)C)c1ccccc1. The lowest BCUT2D eigenvalue weighted by molar-refractivity contribution is 0.0249. The maximum atomic E-state index is 9.87. The lowest BCUT2D eigenvalue weighted by atomic mass is 10.0. The predicted molar refractivity (Wildman–Crippen MR) is 79.1 cm³/mol. The zero-order chi connectivity index (χ0) is 14.1. The van der Waals surface area contributed by atoms with Crippen LogP contribution >= 0.6 is 0 Å². The van der Waals surface area contributed by atoms with Gasteiger partial charge in [-0.3, -0.25) is 0 Å². The summed E-state index contributed by atoms with van der Waals surface area (Å²) < 4.78 is 5.44. The quantitative estimate of drug-likeness (QED) is 0.721. The highest BCUT2D eigenvalue weighted by Crippen LogP contribution is 2.15. The Bertz CT molecular complexity index is 327. The van der Waals surface area contributed by atoms with Gasteiger partial charge in [-0.1, -0.05) is 51.1 Å². The summed E-state index contributed by atoms with van der Waals surface area (Å²) in [5.74, 6) is 0.507. The van der Waals surface area contributed by atoms with Crippen molar-refractivity contribution in [3.8, 4) is 0 Å². The Labute approximate surface area is 117 Å². The molecule has 2 unspecified atom stereocenters. The van der Waals surface area contributed by atoms with Crippen LogP contribution in [0.5, 0.6) is 0 Å². The second kappa shape index (κ2) is 9.08. The minimum Gasteiger partial charge on any atom is -0.389 e. The molecule has 0 fully saturated rings. The third-order valence-corrected chi connectivity index (χ3v) is 2.97. The van der Waals surface area contributed by atoms with Crippen molar-refractivity contribution in [3.05, 3.63) is 35.9 Å². The van der Waals surface area contributed by atoms with Crippen LogP contribution in [-0.2, 0) is 4.74 Å². The van der Waals surface area contributed by atoms with Gasteiger partial charge in [0.1, 0.15) is 0 Å². The van der Waals surface area contributed by atoms with E-state index < -0.39 is 6.10 Å². The molecule has 0 radical (unpaired) electrons. The fraction of sp³-hybridized carbons (Fsp3) is 0.625. The van der Waals surface area contributed by atoms with E-state index in [2.05, 4.69) is 38.2 Å². The maximum absolute atomic E-state index is 9.87. The van der Waals surface area contributed by atoms with Gasteiger partial charge in [0.05, 0.1) is 12.7 Å². The Hall–Kier alpha value is -0.900. The van der Waals surface area contributed by atoms with Crippen LogP contribution in [0.15, 0.2) is 30.3 Å². The third kappa shape index (κ3) is 6.71. The minimum absolute atomic E-state index is 0.293. The molecule has 19 heavy (non-hydrogen) atoms. The van der Waals surface area contributed by atoms with Crippen LogP contribution in [0.4, 0.5) is 0 Å². The first-order valence-corrected chi connectivity index (χ1v) is 7.17. The lowest BCUT2D eigenvalue weighted by Gasteiger charge is -2.20. The molecule has 0 saturated carbocycles. The van der Waals surface area contributed by atoms with Crippen molar-refractivity contribution in [2.75, 3.05) is 19.8 Å². The van der Waals surface area contributed by atoms with Crippen molar-refractivity contribution < 1.29 is 9.84 Å². The van der Waals surface area contributed by atoms with E-state index in [9.17, 15) is 5.11 Å². The van der Waals surface area contributed by atoms with Crippen LogP contribution in [0.25, 0.3) is 0 Å². The number of aliphatic hydroxyl groups excluding tert-OH is 1. The molecular formula is C16H27NO2. The molecule has 3 nitrogen and oxygen atoms in total. The van der Waals surface area contributed by atoms with Crippen LogP contribution in [-0.4, -0.2) is 31.0 Å². The topological polar surface area (TPSA) is 41.5 Å². The summed E-state index contributed by atoms with van der Waals surface area (Å²) in [7, 11) is 0. The monoisotopic (exact) mass is 265 g/mol. The first-order valence-electron chi connectivity index (χ1n) is 7.17. The van der Waals surface area contributed by atoms with Crippen molar-refractivity contribution in [2.45, 2.75) is 39.3 Å². The molecule has 2 atom stereocenters. The van der Waals surface area contributed by atoms with Crippen molar-refractivity contribution in [2.24, 2.45) is 5.92 Å². The number of ether oxygens (including phenoxy) is 1. The van der Waals surface area contributed by atoms with E-state index in [0.29, 0.717) is 31.7 Å². The van der Waals surface area contributed by atoms with Crippen LogP contribution in [0.3, 0.4) is 0 Å². The molecule has 2 N–H and O–H groups in total. The van der Waals surface area contributed by atoms with E-state index in [1.54, 1.807) is 0 Å². The number of hydrogen-bond acceptors (Lipinski definition) is 3. The van der Waals surface area contributed by atoms with E-state index in [1.165, 1.54) is 5.56 Å². The van der Waals surface area contributed by atoms with Gasteiger partial charge in [-0.25, -0.2) is 0 Å². The number of rotatable bonds is 9. The standard InChI is InChI=1S/C16H27NO2/c1-4-16(14-8-6-5-7-9-14)17-10-15(18)12-19-11-13(2)3/h5-9,13,15-18H,4,10-12H2,1-3H3. The molecule has 0 aromatic heterocycles. The summed E-state index contributed by atoms with van der Waals surface area (Å²) in [6.07, 6.45) is 0.556. The normalized spacial score (nSPS) is 14.6. The van der Waals surface area contributed by atoms with Crippen LogP contribution < -0.4 is 5.32 Å². The first-order chi connectivity index (χ1) is 9.13. The van der Waals surface area contributed by atoms with Gasteiger partial charge >= 0.3 is 0 Å². The highest BCUT2D eigenvalue weighted by atomic mass is 16.5. The highest BCUT2D eigenvalue weighted by molar-refractivity contribution is 5.18. The van der Waals surface area contributed by atoms with Gasteiger partial charge in [0.2, 0.25) is 0 Å². The van der Waals surface area contributed by atoms with Crippen LogP contribution in [0, 0.1) is 5.92 Å². The molecule has 0 aliphatic carbocycles. The molecule has 1 rings (SSSR count). The summed E-state index contributed by atoms with van der Waals surface area (Å²) >= 11 is 0. The van der Waals surface area contributed by atoms with Gasteiger partial charge in [0.25, 0.3) is 0 Å². The van der Waals surface area contributed by atoms with Crippen molar-refractivity contribution in [1.29, 1.82) is 0 Å². The molecule has 1 aromatic carbocycles. The van der Waals surface area contributed by atoms with Crippen LogP contribution in [0.1, 0.15) is 38.8 Å². The van der Waals surface area contributed by atoms with Gasteiger partial charge in [0, 0.05) is 19.2 Å². The number of hydrogen-bond donors (Lipinski definition) is 2. The first kappa shape index (κ1) is 16.2. The Balaban J connectivity index is 2.29. The van der Waals surface area contributed by atoms with E-state index in [1.807, 2.05) is 18.2 Å². The highest BCUT2D eigenvalue weighted by Gasteiger charge is 2.11. The fourth-order valence-corrected chi connectivity index (χ4v) is 1.96. The van der Waals surface area contributed by atoms with E-state index >= 15 is 0 Å². The Morgan fingerprint density at radius 2 is 1.84 bits per heavy atom. The van der Waals surface area contributed by atoms with E-state index in [-0.39, 0.29) is 0 Å². The lowest BCUT2D eigenvalue weighted by Crippen LogP contribution is -2.33. The summed E-state index contributed by atoms with van der Waals surface area (Å²) in [6, 6.07) is 10.6. The number of benzene rings is 1. The number of nitrogens with one attached hydrogen (secondary N) is 1. The molecule has 108 valence electrons. The summed E-state index contributed by atoms with van der Waals surface area (Å²) in [4.78, 5) is 0. The second-order valence-electron chi connectivity index (χ2n) is 5.36. The van der Waals surface area contributed by atoms with Gasteiger partial charge < -0.3 is 15.2 Å². The summed E-state index contributed by atoms with van der Waals surface area (Å²) in [6.45, 7) is 8.02. The van der Waals surface area contributed by atoms with Crippen molar-refractivity contribution in [1.82, 2.24) is 5.32 Å². The molecule has 0 bridgehead atoms. The van der Waals surface area contributed by atoms with Crippen molar-refractivity contribution in [3.63, 3.8) is 0 Å². The Morgan fingerprint density at radius 1 is 1.16 bits per heavy atom. The predicted octanol–water partition coefficient (Wildman–Crippen LogP) is 2.76. The van der Waals surface area contributed by atoms with Gasteiger partial charge in [-0.05, 0) is 17.9 Å². The largest absolute Gasteiger partial charge is 0.389 e. The third-order valence-electron chi connectivity index (χ3n) is 2.97. The molecule has 0 heterocycles. The summed E-state index contributed by atoms with van der Waals surface area (Å²) in [5, 5.41) is 13.3. The molecule has 0 saturated heterocycles. The average Bonchev–Trinajstić information content (AvgIpc) is 2.40. The Morgan fingerprint density at radius 3 is 2.42 bits per heavy atom. The summed E-state index contributed by atoms with van der Waals surface area (Å²) in [5.41, 5.74) is 1.26. The Kier molecular flexibility index (Phi) is 7.72. The van der Waals surface area contributed by atoms with E-state index in [4.69, 9.17) is 4.74 Å². The minimum atomic E-state index is -0.448. The van der Waals surface area contributed by atoms with E-state index in [0.717, 1.165) is 6.42 Å². The number of aliphatic hydroxyl groups is 1. The zero-order valence-electron chi connectivity index (χ0n) is 12.3. The van der Waals surface area contributed by atoms with Gasteiger partial charge in [-0.2, -0.15) is 0 Å².